The fourth-order valence-electron chi connectivity index (χ4n) is 3.37. The van der Waals surface area contributed by atoms with Crippen molar-refractivity contribution in [1.82, 2.24) is 9.80 Å². The van der Waals surface area contributed by atoms with Crippen LogP contribution < -0.4 is 0 Å². The first-order valence-corrected chi connectivity index (χ1v) is 7.59. The van der Waals surface area contributed by atoms with Crippen LogP contribution in [0.1, 0.15) is 29.6 Å². The van der Waals surface area contributed by atoms with Crippen molar-refractivity contribution in [2.75, 3.05) is 32.7 Å². The first-order chi connectivity index (χ1) is 10.1. The van der Waals surface area contributed by atoms with Gasteiger partial charge in [-0.15, -0.1) is 0 Å². The maximum atomic E-state index is 13.6. The summed E-state index contributed by atoms with van der Waals surface area (Å²) in [5.74, 6) is -2.30. The van der Waals surface area contributed by atoms with Crippen molar-refractivity contribution in [3.05, 3.63) is 35.4 Å². The van der Waals surface area contributed by atoms with Gasteiger partial charge in [-0.05, 0) is 31.5 Å². The van der Waals surface area contributed by atoms with E-state index in [2.05, 4.69) is 9.80 Å². The third-order valence-electron chi connectivity index (χ3n) is 4.58. The molecular weight excluding hydrogens is 274 g/mol. The molecule has 2 aliphatic heterocycles. The number of nitrogens with zero attached hydrogens (tertiary/aromatic N) is 2. The van der Waals surface area contributed by atoms with Crippen molar-refractivity contribution in [1.29, 1.82) is 0 Å². The zero-order valence-electron chi connectivity index (χ0n) is 12.0. The molecule has 0 saturated carbocycles. The van der Waals surface area contributed by atoms with Gasteiger partial charge in [-0.3, -0.25) is 9.69 Å². The lowest BCUT2D eigenvalue weighted by Gasteiger charge is -2.37. The van der Waals surface area contributed by atoms with Crippen LogP contribution in [0.4, 0.5) is 8.78 Å². The molecule has 5 heteroatoms. The molecule has 0 amide bonds. The Balaban J connectivity index is 1.55. The molecule has 3 rings (SSSR count). The second kappa shape index (κ2) is 6.20. The molecule has 21 heavy (non-hydrogen) atoms. The summed E-state index contributed by atoms with van der Waals surface area (Å²) >= 11 is 0. The van der Waals surface area contributed by atoms with Crippen LogP contribution in [-0.2, 0) is 0 Å². The van der Waals surface area contributed by atoms with Gasteiger partial charge in [0.2, 0.25) is 0 Å². The topological polar surface area (TPSA) is 23.6 Å². The molecule has 1 unspecified atom stereocenters. The van der Waals surface area contributed by atoms with E-state index in [4.69, 9.17) is 0 Å². The van der Waals surface area contributed by atoms with Gasteiger partial charge in [0.25, 0.3) is 0 Å². The number of carbonyl (C=O) groups excluding carboxylic acids is 1. The quantitative estimate of drug-likeness (QED) is 0.796. The van der Waals surface area contributed by atoms with Gasteiger partial charge in [0.05, 0.1) is 5.56 Å². The van der Waals surface area contributed by atoms with Crippen LogP contribution >= 0.6 is 0 Å². The number of hydrogen-bond donors (Lipinski definition) is 0. The van der Waals surface area contributed by atoms with E-state index in [1.165, 1.54) is 31.5 Å². The SMILES string of the molecule is O=C(CCN1CCN2CCCC2C1)c1cccc(F)c1F. The van der Waals surface area contributed by atoms with Crippen molar-refractivity contribution in [2.45, 2.75) is 25.3 Å². The Labute approximate surface area is 123 Å². The second-order valence-electron chi connectivity index (χ2n) is 5.91. The zero-order chi connectivity index (χ0) is 14.8. The Morgan fingerprint density at radius 2 is 2.10 bits per heavy atom. The predicted octanol–water partition coefficient (Wildman–Crippen LogP) is 2.32. The molecule has 2 aliphatic rings. The Morgan fingerprint density at radius 3 is 2.95 bits per heavy atom. The molecule has 1 aromatic carbocycles. The molecule has 0 aliphatic carbocycles. The van der Waals surface area contributed by atoms with Crippen molar-refractivity contribution >= 4 is 5.78 Å². The normalized spacial score (nSPS) is 23.2. The van der Waals surface area contributed by atoms with Gasteiger partial charge in [0, 0.05) is 38.6 Å². The highest BCUT2D eigenvalue weighted by molar-refractivity contribution is 5.96. The molecule has 0 N–H and O–H groups in total. The number of ketones is 1. The van der Waals surface area contributed by atoms with Crippen LogP contribution in [-0.4, -0.2) is 54.3 Å². The lowest BCUT2D eigenvalue weighted by molar-refractivity contribution is 0.0868. The Morgan fingerprint density at radius 1 is 1.24 bits per heavy atom. The van der Waals surface area contributed by atoms with Crippen LogP contribution in [0.25, 0.3) is 0 Å². The number of fused-ring (bicyclic) bond motifs is 1. The monoisotopic (exact) mass is 294 g/mol. The maximum absolute atomic E-state index is 13.6. The summed E-state index contributed by atoms with van der Waals surface area (Å²) in [7, 11) is 0. The molecular formula is C16H20F2N2O. The Hall–Kier alpha value is -1.33. The number of piperazine rings is 1. The highest BCUT2D eigenvalue weighted by atomic mass is 19.2. The first-order valence-electron chi connectivity index (χ1n) is 7.59. The van der Waals surface area contributed by atoms with Crippen LogP contribution in [0, 0.1) is 11.6 Å². The van der Waals surface area contributed by atoms with Gasteiger partial charge in [-0.2, -0.15) is 0 Å². The molecule has 2 heterocycles. The van der Waals surface area contributed by atoms with E-state index in [0.29, 0.717) is 12.6 Å². The fourth-order valence-corrected chi connectivity index (χ4v) is 3.37. The molecule has 3 nitrogen and oxygen atoms in total. The first kappa shape index (κ1) is 14.6. The molecule has 2 fully saturated rings. The van der Waals surface area contributed by atoms with Gasteiger partial charge in [-0.1, -0.05) is 6.07 Å². The van der Waals surface area contributed by atoms with E-state index < -0.39 is 11.6 Å². The predicted molar refractivity (Wildman–Crippen MR) is 76.3 cm³/mol. The van der Waals surface area contributed by atoms with Crippen molar-refractivity contribution in [3.63, 3.8) is 0 Å². The molecule has 1 aromatic rings. The summed E-state index contributed by atoms with van der Waals surface area (Å²) in [6, 6.07) is 4.38. The molecule has 0 bridgehead atoms. The molecule has 2 saturated heterocycles. The van der Waals surface area contributed by atoms with E-state index in [1.807, 2.05) is 0 Å². The highest BCUT2D eigenvalue weighted by Crippen LogP contribution is 2.22. The van der Waals surface area contributed by atoms with E-state index in [-0.39, 0.29) is 17.8 Å². The standard InChI is InChI=1S/C16H20F2N2O/c17-14-5-1-4-13(16(14)18)15(21)6-8-19-9-10-20-7-2-3-12(20)11-19/h1,4-5,12H,2-3,6-11H2. The van der Waals surface area contributed by atoms with Crippen molar-refractivity contribution < 1.29 is 13.6 Å². The van der Waals surface area contributed by atoms with Gasteiger partial charge >= 0.3 is 0 Å². The minimum Gasteiger partial charge on any atom is -0.300 e. The summed E-state index contributed by atoms with van der Waals surface area (Å²) < 4.78 is 26.7. The smallest absolute Gasteiger partial charge is 0.169 e. The number of benzene rings is 1. The van der Waals surface area contributed by atoms with Crippen LogP contribution in [0.2, 0.25) is 0 Å². The van der Waals surface area contributed by atoms with Crippen LogP contribution in [0.5, 0.6) is 0 Å². The largest absolute Gasteiger partial charge is 0.300 e. The molecule has 0 aromatic heterocycles. The van der Waals surface area contributed by atoms with Crippen molar-refractivity contribution in [3.8, 4) is 0 Å². The third kappa shape index (κ3) is 3.14. The van der Waals surface area contributed by atoms with Gasteiger partial charge < -0.3 is 4.90 Å². The summed E-state index contributed by atoms with van der Waals surface area (Å²) in [5, 5.41) is 0. The van der Waals surface area contributed by atoms with Crippen molar-refractivity contribution in [2.24, 2.45) is 0 Å². The van der Waals surface area contributed by atoms with Gasteiger partial charge in [-0.25, -0.2) is 8.78 Å². The summed E-state index contributed by atoms with van der Waals surface area (Å²) in [6.45, 7) is 4.80. The third-order valence-corrected chi connectivity index (χ3v) is 4.58. The number of carbonyl (C=O) groups is 1. The second-order valence-corrected chi connectivity index (χ2v) is 5.91. The van der Waals surface area contributed by atoms with E-state index in [1.54, 1.807) is 0 Å². The number of Topliss-reactive ketones (excluding diaryl/α,β-unsaturated/α-hetero) is 1. The molecule has 1 atom stereocenters. The number of hydrogen-bond acceptors (Lipinski definition) is 3. The molecule has 0 spiro atoms. The number of halogens is 2. The highest BCUT2D eigenvalue weighted by Gasteiger charge is 2.30. The number of rotatable bonds is 4. The average molecular weight is 294 g/mol. The maximum Gasteiger partial charge on any atom is 0.169 e. The zero-order valence-corrected chi connectivity index (χ0v) is 12.0. The summed E-state index contributed by atoms with van der Waals surface area (Å²) in [6.07, 6.45) is 2.72. The Kier molecular flexibility index (Phi) is 4.31. The average Bonchev–Trinajstić information content (AvgIpc) is 2.95. The lowest BCUT2D eigenvalue weighted by atomic mass is 10.1. The van der Waals surface area contributed by atoms with Crippen LogP contribution in [0.3, 0.4) is 0 Å². The molecule has 0 radical (unpaired) electrons. The van der Waals surface area contributed by atoms with E-state index in [9.17, 15) is 13.6 Å². The fraction of sp³-hybridized carbons (Fsp3) is 0.562. The van der Waals surface area contributed by atoms with Crippen LogP contribution in [0.15, 0.2) is 18.2 Å². The van der Waals surface area contributed by atoms with Gasteiger partial charge in [0.1, 0.15) is 0 Å². The minimum absolute atomic E-state index is 0.130. The van der Waals surface area contributed by atoms with Gasteiger partial charge in [0.15, 0.2) is 17.4 Å². The van der Waals surface area contributed by atoms with E-state index in [0.717, 1.165) is 25.7 Å². The summed E-state index contributed by atoms with van der Waals surface area (Å²) in [4.78, 5) is 16.8. The Bertz CT molecular complexity index is 535. The van der Waals surface area contributed by atoms with E-state index >= 15 is 0 Å². The lowest BCUT2D eigenvalue weighted by Crippen LogP contribution is -2.50. The summed E-state index contributed by atoms with van der Waals surface area (Å²) in [5.41, 5.74) is -0.130. The molecule has 114 valence electrons. The minimum atomic E-state index is -1.02.